The number of nitrogens with zero attached hydrogens (tertiary/aromatic N) is 2. The van der Waals surface area contributed by atoms with Crippen molar-refractivity contribution < 1.29 is 9.13 Å². The number of anilines is 2. The second kappa shape index (κ2) is 9.47. The van der Waals surface area contributed by atoms with Gasteiger partial charge in [-0.25, -0.2) is 9.37 Å². The van der Waals surface area contributed by atoms with Crippen molar-refractivity contribution in [2.45, 2.75) is 6.61 Å². The molecule has 4 aromatic carbocycles. The van der Waals surface area contributed by atoms with E-state index in [9.17, 15) is 4.39 Å². The molecule has 0 radical (unpaired) electrons. The normalized spacial score (nSPS) is 11.0. The third-order valence-electron chi connectivity index (χ3n) is 6.15. The van der Waals surface area contributed by atoms with Gasteiger partial charge in [-0.1, -0.05) is 60.7 Å². The Labute approximate surface area is 208 Å². The van der Waals surface area contributed by atoms with E-state index in [4.69, 9.17) is 4.74 Å². The molecule has 0 fully saturated rings. The summed E-state index contributed by atoms with van der Waals surface area (Å²) >= 11 is 0. The Balaban J connectivity index is 1.31. The lowest BCUT2D eigenvalue weighted by atomic mass is 9.98. The fourth-order valence-corrected chi connectivity index (χ4v) is 4.37. The molecule has 0 atom stereocenters. The topological polar surface area (TPSA) is 47.0 Å². The molecule has 2 aromatic heterocycles. The van der Waals surface area contributed by atoms with Gasteiger partial charge in [-0.3, -0.25) is 4.98 Å². The number of pyridine rings is 2. The number of fused-ring (bicyclic) bond motifs is 2. The van der Waals surface area contributed by atoms with Gasteiger partial charge < -0.3 is 10.1 Å². The Hall–Kier alpha value is -4.77. The predicted octanol–water partition coefficient (Wildman–Crippen LogP) is 7.91. The number of hydrogen-bond donors (Lipinski definition) is 1. The Morgan fingerprint density at radius 1 is 0.722 bits per heavy atom. The van der Waals surface area contributed by atoms with Crippen LogP contribution in [0.4, 0.5) is 15.9 Å². The Morgan fingerprint density at radius 3 is 2.53 bits per heavy atom. The van der Waals surface area contributed by atoms with Gasteiger partial charge in [0.2, 0.25) is 0 Å². The van der Waals surface area contributed by atoms with E-state index in [0.29, 0.717) is 6.61 Å². The van der Waals surface area contributed by atoms with Gasteiger partial charge in [0.1, 0.15) is 12.4 Å². The summed E-state index contributed by atoms with van der Waals surface area (Å²) in [4.78, 5) is 8.96. The summed E-state index contributed by atoms with van der Waals surface area (Å²) in [6, 6.07) is 32.8. The smallest absolute Gasteiger partial charge is 0.165 e. The van der Waals surface area contributed by atoms with Crippen LogP contribution in [0.2, 0.25) is 0 Å². The van der Waals surface area contributed by atoms with E-state index in [1.165, 1.54) is 6.07 Å². The molecule has 0 saturated carbocycles. The Bertz CT molecular complexity index is 1680. The first-order valence-corrected chi connectivity index (χ1v) is 11.7. The van der Waals surface area contributed by atoms with Crippen molar-refractivity contribution in [3.63, 3.8) is 0 Å². The minimum absolute atomic E-state index is 0.234. The number of hydrogen-bond acceptors (Lipinski definition) is 4. The molecule has 0 spiro atoms. The quantitative estimate of drug-likeness (QED) is 0.268. The molecule has 0 bridgehead atoms. The van der Waals surface area contributed by atoms with Gasteiger partial charge in [0.25, 0.3) is 0 Å². The molecule has 4 nitrogen and oxygen atoms in total. The van der Waals surface area contributed by atoms with Crippen molar-refractivity contribution in [3.05, 3.63) is 127 Å². The number of halogens is 1. The maximum atomic E-state index is 15.0. The first-order chi connectivity index (χ1) is 17.7. The SMILES string of the molecule is Fc1cc(-c2cccc3c(Nc4ccc5ncccc5c4)nccc23)ccc1OCc1ccccc1. The molecule has 0 aliphatic carbocycles. The van der Waals surface area contributed by atoms with Gasteiger partial charge in [-0.05, 0) is 64.5 Å². The van der Waals surface area contributed by atoms with Crippen molar-refractivity contribution >= 4 is 33.2 Å². The van der Waals surface area contributed by atoms with E-state index in [0.717, 1.165) is 49.9 Å². The minimum atomic E-state index is -0.391. The average molecular weight is 472 g/mol. The highest BCUT2D eigenvalue weighted by Crippen LogP contribution is 2.34. The summed E-state index contributed by atoms with van der Waals surface area (Å²) in [6.07, 6.45) is 3.55. The molecule has 0 aliphatic heterocycles. The highest BCUT2D eigenvalue weighted by molar-refractivity contribution is 6.02. The van der Waals surface area contributed by atoms with Crippen molar-refractivity contribution in [2.75, 3.05) is 5.32 Å². The molecular weight excluding hydrogens is 449 g/mol. The fourth-order valence-electron chi connectivity index (χ4n) is 4.37. The molecule has 6 rings (SSSR count). The fraction of sp³-hybridized carbons (Fsp3) is 0.0323. The standard InChI is InChI=1S/C31H22FN3O/c32-28-19-22(11-14-30(28)36-20-21-6-2-1-3-7-21)25-9-4-10-27-26(25)15-17-34-31(27)35-24-12-13-29-23(18-24)8-5-16-33-29/h1-19H,20H2,(H,34,35). The summed E-state index contributed by atoms with van der Waals surface area (Å²) in [5.74, 6) is 0.580. The van der Waals surface area contributed by atoms with Crippen LogP contribution in [0.3, 0.4) is 0 Å². The van der Waals surface area contributed by atoms with E-state index in [1.54, 1.807) is 18.5 Å². The van der Waals surface area contributed by atoms with Crippen molar-refractivity contribution in [3.8, 4) is 16.9 Å². The summed E-state index contributed by atoms with van der Waals surface area (Å²) in [5, 5.41) is 6.42. The third kappa shape index (κ3) is 4.34. The zero-order chi connectivity index (χ0) is 24.3. The van der Waals surface area contributed by atoms with Crippen LogP contribution in [0.1, 0.15) is 5.56 Å². The number of nitrogens with one attached hydrogen (secondary N) is 1. The molecule has 5 heteroatoms. The van der Waals surface area contributed by atoms with Crippen LogP contribution in [-0.4, -0.2) is 9.97 Å². The summed E-state index contributed by atoms with van der Waals surface area (Å²) in [7, 11) is 0. The maximum Gasteiger partial charge on any atom is 0.165 e. The van der Waals surface area contributed by atoms with Crippen LogP contribution >= 0.6 is 0 Å². The van der Waals surface area contributed by atoms with E-state index in [2.05, 4.69) is 21.4 Å². The zero-order valence-electron chi connectivity index (χ0n) is 19.4. The number of aromatic nitrogens is 2. The van der Waals surface area contributed by atoms with Crippen LogP contribution in [0.25, 0.3) is 32.8 Å². The van der Waals surface area contributed by atoms with Crippen molar-refractivity contribution in [1.29, 1.82) is 0 Å². The lowest BCUT2D eigenvalue weighted by Gasteiger charge is -2.13. The maximum absolute atomic E-state index is 15.0. The average Bonchev–Trinajstić information content (AvgIpc) is 2.93. The van der Waals surface area contributed by atoms with Gasteiger partial charge in [-0.15, -0.1) is 0 Å². The highest BCUT2D eigenvalue weighted by Gasteiger charge is 2.12. The van der Waals surface area contributed by atoms with E-state index >= 15 is 0 Å². The van der Waals surface area contributed by atoms with Gasteiger partial charge in [0.05, 0.1) is 5.52 Å². The lowest BCUT2D eigenvalue weighted by Crippen LogP contribution is -1.98. The lowest BCUT2D eigenvalue weighted by molar-refractivity contribution is 0.290. The summed E-state index contributed by atoms with van der Waals surface area (Å²) in [5.41, 5.74) is 4.56. The van der Waals surface area contributed by atoms with Gasteiger partial charge in [0.15, 0.2) is 11.6 Å². The van der Waals surface area contributed by atoms with Gasteiger partial charge in [0, 0.05) is 28.9 Å². The number of benzene rings is 4. The zero-order valence-corrected chi connectivity index (χ0v) is 19.4. The molecule has 0 unspecified atom stereocenters. The third-order valence-corrected chi connectivity index (χ3v) is 6.15. The largest absolute Gasteiger partial charge is 0.486 e. The molecular formula is C31H22FN3O. The molecule has 6 aromatic rings. The van der Waals surface area contributed by atoms with Crippen molar-refractivity contribution in [1.82, 2.24) is 9.97 Å². The molecule has 0 saturated heterocycles. The van der Waals surface area contributed by atoms with Crippen LogP contribution in [-0.2, 0) is 6.61 Å². The highest BCUT2D eigenvalue weighted by atomic mass is 19.1. The molecule has 1 N–H and O–H groups in total. The summed E-state index contributed by atoms with van der Waals surface area (Å²) in [6.45, 7) is 0.316. The molecule has 0 aliphatic rings. The van der Waals surface area contributed by atoms with E-state index in [1.807, 2.05) is 84.9 Å². The molecule has 36 heavy (non-hydrogen) atoms. The van der Waals surface area contributed by atoms with Crippen LogP contribution < -0.4 is 10.1 Å². The summed E-state index contributed by atoms with van der Waals surface area (Å²) < 4.78 is 20.7. The van der Waals surface area contributed by atoms with Gasteiger partial charge in [-0.2, -0.15) is 0 Å². The van der Waals surface area contributed by atoms with Crippen LogP contribution in [0.5, 0.6) is 5.75 Å². The predicted molar refractivity (Wildman–Crippen MR) is 143 cm³/mol. The van der Waals surface area contributed by atoms with E-state index < -0.39 is 5.82 Å². The Kier molecular flexibility index (Phi) is 5.72. The second-order valence-corrected chi connectivity index (χ2v) is 8.52. The van der Waals surface area contributed by atoms with Crippen LogP contribution in [0.15, 0.2) is 116 Å². The molecule has 2 heterocycles. The molecule has 0 amide bonds. The number of ether oxygens (including phenoxy) is 1. The molecule has 174 valence electrons. The first kappa shape index (κ1) is 21.7. The van der Waals surface area contributed by atoms with Crippen LogP contribution in [0, 0.1) is 5.82 Å². The monoisotopic (exact) mass is 471 g/mol. The van der Waals surface area contributed by atoms with Crippen molar-refractivity contribution in [2.24, 2.45) is 0 Å². The first-order valence-electron chi connectivity index (χ1n) is 11.7. The second-order valence-electron chi connectivity index (χ2n) is 8.52. The Morgan fingerprint density at radius 2 is 1.64 bits per heavy atom. The van der Waals surface area contributed by atoms with E-state index in [-0.39, 0.29) is 5.75 Å². The van der Waals surface area contributed by atoms with Gasteiger partial charge >= 0.3 is 0 Å². The number of rotatable bonds is 6. The minimum Gasteiger partial charge on any atom is -0.486 e.